The first-order valence-corrected chi connectivity index (χ1v) is 10.3. The lowest BCUT2D eigenvalue weighted by atomic mass is 9.99. The molecule has 2 heterocycles. The van der Waals surface area contributed by atoms with E-state index in [0.29, 0.717) is 12.3 Å². The van der Waals surface area contributed by atoms with Crippen LogP contribution in [0.1, 0.15) is 44.5 Å². The van der Waals surface area contributed by atoms with Crippen molar-refractivity contribution in [3.8, 4) is 11.1 Å². The van der Waals surface area contributed by atoms with E-state index in [0.717, 1.165) is 26.8 Å². The van der Waals surface area contributed by atoms with Gasteiger partial charge in [-0.1, -0.05) is 38.1 Å². The highest BCUT2D eigenvalue weighted by Gasteiger charge is 2.15. The van der Waals surface area contributed by atoms with Gasteiger partial charge >= 0.3 is 0 Å². The zero-order chi connectivity index (χ0) is 18.0. The standard InChI is InChI=1S/C20H22N2OS2/c1-12(2)15-5-7-16(8-6-15)17-11-25-20-18(17)19(21-14(4)22-20)24-10-9-13(3)23/h5-8,11-12H,9-10H2,1-4H3. The minimum Gasteiger partial charge on any atom is -0.300 e. The molecule has 5 heteroatoms. The van der Waals surface area contributed by atoms with Crippen LogP contribution >= 0.6 is 23.1 Å². The molecule has 3 aromatic rings. The van der Waals surface area contributed by atoms with Crippen LogP contribution in [0.4, 0.5) is 0 Å². The average Bonchev–Trinajstić information content (AvgIpc) is 2.98. The number of thiophene rings is 1. The van der Waals surface area contributed by atoms with Crippen molar-refractivity contribution in [3.63, 3.8) is 0 Å². The van der Waals surface area contributed by atoms with Crippen LogP contribution in [0, 0.1) is 6.92 Å². The van der Waals surface area contributed by atoms with E-state index in [4.69, 9.17) is 0 Å². The first-order chi connectivity index (χ1) is 12.0. The second kappa shape index (κ2) is 7.67. The van der Waals surface area contributed by atoms with Gasteiger partial charge in [0.15, 0.2) is 0 Å². The Balaban J connectivity index is 2.02. The van der Waals surface area contributed by atoms with Gasteiger partial charge in [-0.15, -0.1) is 23.1 Å². The maximum absolute atomic E-state index is 11.2. The molecule has 130 valence electrons. The number of carbonyl (C=O) groups is 1. The van der Waals surface area contributed by atoms with Crippen LogP contribution in [0.15, 0.2) is 34.7 Å². The van der Waals surface area contributed by atoms with Crippen molar-refractivity contribution in [2.24, 2.45) is 0 Å². The number of hydrogen-bond acceptors (Lipinski definition) is 5. The van der Waals surface area contributed by atoms with Crippen molar-refractivity contribution < 1.29 is 4.79 Å². The number of thioether (sulfide) groups is 1. The summed E-state index contributed by atoms with van der Waals surface area (Å²) in [4.78, 5) is 21.5. The molecule has 0 amide bonds. The highest BCUT2D eigenvalue weighted by molar-refractivity contribution is 7.99. The molecule has 0 aliphatic heterocycles. The highest BCUT2D eigenvalue weighted by Crippen LogP contribution is 2.38. The Bertz CT molecular complexity index is 898. The molecule has 0 radical (unpaired) electrons. The number of ketones is 1. The fourth-order valence-electron chi connectivity index (χ4n) is 2.67. The zero-order valence-electron chi connectivity index (χ0n) is 15.0. The number of carbonyl (C=O) groups excluding carboxylic acids is 1. The molecule has 0 bridgehead atoms. The van der Waals surface area contributed by atoms with Gasteiger partial charge in [-0.3, -0.25) is 4.79 Å². The third kappa shape index (κ3) is 4.10. The van der Waals surface area contributed by atoms with Crippen LogP contribution in [0.25, 0.3) is 21.3 Å². The van der Waals surface area contributed by atoms with E-state index in [2.05, 4.69) is 53.5 Å². The molecular weight excluding hydrogens is 348 g/mol. The maximum Gasteiger partial charge on any atom is 0.130 e. The Morgan fingerprint density at radius 2 is 1.92 bits per heavy atom. The lowest BCUT2D eigenvalue weighted by Gasteiger charge is -2.08. The third-order valence-electron chi connectivity index (χ3n) is 4.09. The maximum atomic E-state index is 11.2. The smallest absolute Gasteiger partial charge is 0.130 e. The van der Waals surface area contributed by atoms with E-state index >= 15 is 0 Å². The van der Waals surface area contributed by atoms with Gasteiger partial charge < -0.3 is 0 Å². The predicted octanol–water partition coefficient (Wildman–Crippen LogP) is 5.86. The Hall–Kier alpha value is -1.72. The van der Waals surface area contributed by atoms with Crippen molar-refractivity contribution in [3.05, 3.63) is 41.0 Å². The number of rotatable bonds is 6. The summed E-state index contributed by atoms with van der Waals surface area (Å²) in [6.07, 6.45) is 0.567. The molecule has 1 aromatic carbocycles. The van der Waals surface area contributed by atoms with Crippen LogP contribution in [-0.4, -0.2) is 21.5 Å². The van der Waals surface area contributed by atoms with Crippen LogP contribution < -0.4 is 0 Å². The van der Waals surface area contributed by atoms with E-state index in [1.54, 1.807) is 30.0 Å². The van der Waals surface area contributed by atoms with Gasteiger partial charge in [0, 0.05) is 23.1 Å². The molecule has 0 aliphatic carbocycles. The fourth-order valence-corrected chi connectivity index (χ4v) is 4.86. The SMILES string of the molecule is CC(=O)CCSc1nc(C)nc2scc(-c3ccc(C(C)C)cc3)c12. The molecule has 0 spiro atoms. The van der Waals surface area contributed by atoms with Gasteiger partial charge in [-0.2, -0.15) is 0 Å². The van der Waals surface area contributed by atoms with Crippen molar-refractivity contribution in [1.29, 1.82) is 0 Å². The molecule has 0 saturated heterocycles. The second-order valence-corrected chi connectivity index (χ2v) is 8.42. The van der Waals surface area contributed by atoms with Gasteiger partial charge in [0.1, 0.15) is 21.5 Å². The Morgan fingerprint density at radius 3 is 2.56 bits per heavy atom. The summed E-state index contributed by atoms with van der Waals surface area (Å²) in [6.45, 7) is 7.96. The van der Waals surface area contributed by atoms with E-state index in [1.807, 2.05) is 6.92 Å². The summed E-state index contributed by atoms with van der Waals surface area (Å²) in [5.74, 6) is 2.27. The largest absolute Gasteiger partial charge is 0.300 e. The van der Waals surface area contributed by atoms with Gasteiger partial charge in [-0.25, -0.2) is 9.97 Å². The Labute approximate surface area is 156 Å². The molecule has 0 fully saturated rings. The molecule has 3 nitrogen and oxygen atoms in total. The number of Topliss-reactive ketones (excluding diaryl/α,β-unsaturated/α-hetero) is 1. The summed E-state index contributed by atoms with van der Waals surface area (Å²) in [7, 11) is 0. The summed E-state index contributed by atoms with van der Waals surface area (Å²) < 4.78 is 0. The fraction of sp³-hybridized carbons (Fsp3) is 0.350. The van der Waals surface area contributed by atoms with Gasteiger partial charge in [0.2, 0.25) is 0 Å². The molecule has 2 aromatic heterocycles. The van der Waals surface area contributed by atoms with Crippen molar-refractivity contribution in [2.45, 2.75) is 45.1 Å². The normalized spacial score (nSPS) is 11.4. The minimum atomic E-state index is 0.212. The van der Waals surface area contributed by atoms with Crippen LogP contribution in [-0.2, 0) is 4.79 Å². The predicted molar refractivity (Wildman–Crippen MR) is 108 cm³/mol. The quantitative estimate of drug-likeness (QED) is 0.402. The van der Waals surface area contributed by atoms with Crippen LogP contribution in [0.2, 0.25) is 0 Å². The Morgan fingerprint density at radius 1 is 1.20 bits per heavy atom. The number of fused-ring (bicyclic) bond motifs is 1. The number of nitrogens with zero attached hydrogens (tertiary/aromatic N) is 2. The third-order valence-corrected chi connectivity index (χ3v) is 5.94. The van der Waals surface area contributed by atoms with Gasteiger partial charge in [0.05, 0.1) is 5.39 Å². The molecule has 0 unspecified atom stereocenters. The van der Waals surface area contributed by atoms with Gasteiger partial charge in [-0.05, 0) is 30.9 Å². The first-order valence-electron chi connectivity index (χ1n) is 8.44. The topological polar surface area (TPSA) is 42.9 Å². The summed E-state index contributed by atoms with van der Waals surface area (Å²) in [5.41, 5.74) is 3.71. The van der Waals surface area contributed by atoms with Crippen molar-refractivity contribution >= 4 is 39.1 Å². The number of aryl methyl sites for hydroxylation is 1. The van der Waals surface area contributed by atoms with Crippen LogP contribution in [0.3, 0.4) is 0 Å². The summed E-state index contributed by atoms with van der Waals surface area (Å²) in [6, 6.07) is 8.75. The lowest BCUT2D eigenvalue weighted by Crippen LogP contribution is -1.95. The lowest BCUT2D eigenvalue weighted by molar-refractivity contribution is -0.116. The summed E-state index contributed by atoms with van der Waals surface area (Å²) >= 11 is 3.30. The minimum absolute atomic E-state index is 0.212. The summed E-state index contributed by atoms with van der Waals surface area (Å²) in [5, 5.41) is 4.26. The van der Waals surface area contributed by atoms with Crippen molar-refractivity contribution in [2.75, 3.05) is 5.75 Å². The monoisotopic (exact) mass is 370 g/mol. The molecule has 0 saturated carbocycles. The van der Waals surface area contributed by atoms with E-state index < -0.39 is 0 Å². The molecule has 0 aliphatic rings. The van der Waals surface area contributed by atoms with E-state index in [-0.39, 0.29) is 5.78 Å². The first kappa shape index (κ1) is 18.1. The number of aromatic nitrogens is 2. The van der Waals surface area contributed by atoms with Crippen LogP contribution in [0.5, 0.6) is 0 Å². The molecule has 0 N–H and O–H groups in total. The highest BCUT2D eigenvalue weighted by atomic mass is 32.2. The second-order valence-electron chi connectivity index (χ2n) is 6.48. The number of benzene rings is 1. The molecule has 25 heavy (non-hydrogen) atoms. The average molecular weight is 371 g/mol. The zero-order valence-corrected chi connectivity index (χ0v) is 16.6. The van der Waals surface area contributed by atoms with E-state index in [9.17, 15) is 4.79 Å². The molecule has 0 atom stereocenters. The molecular formula is C20H22N2OS2. The van der Waals surface area contributed by atoms with Gasteiger partial charge in [0.25, 0.3) is 0 Å². The van der Waals surface area contributed by atoms with E-state index in [1.165, 1.54) is 16.7 Å². The molecule has 3 rings (SSSR count). The Kier molecular flexibility index (Phi) is 5.54. The number of hydrogen-bond donors (Lipinski definition) is 0. The van der Waals surface area contributed by atoms with Crippen molar-refractivity contribution in [1.82, 2.24) is 9.97 Å².